The van der Waals surface area contributed by atoms with Crippen molar-refractivity contribution in [3.63, 3.8) is 0 Å². The molecule has 2 aromatic rings. The second-order valence-electron chi connectivity index (χ2n) is 4.98. The Bertz CT molecular complexity index is 581. The highest BCUT2D eigenvalue weighted by molar-refractivity contribution is 7.80. The molecule has 0 fully saturated rings. The number of aliphatic hydroxyl groups is 1. The van der Waals surface area contributed by atoms with Crippen molar-refractivity contribution in [1.82, 2.24) is 4.90 Å². The smallest absolute Gasteiger partial charge is 0.129 e. The summed E-state index contributed by atoms with van der Waals surface area (Å²) >= 11 is 5.18. The molecule has 1 atom stereocenters. The first-order valence-electron chi connectivity index (χ1n) is 6.74. The monoisotopic (exact) mass is 301 g/mol. The van der Waals surface area contributed by atoms with Crippen LogP contribution in [0.2, 0.25) is 0 Å². The molecule has 0 aliphatic heterocycles. The summed E-state index contributed by atoms with van der Waals surface area (Å²) in [5.41, 5.74) is 1.89. The number of hydrogen-bond donors (Lipinski definition) is 1. The van der Waals surface area contributed by atoms with E-state index in [1.54, 1.807) is 4.90 Å². The fourth-order valence-electron chi connectivity index (χ4n) is 1.87. The molecule has 0 spiro atoms. The van der Waals surface area contributed by atoms with Crippen LogP contribution in [0.4, 0.5) is 0 Å². The van der Waals surface area contributed by atoms with E-state index in [1.165, 1.54) is 0 Å². The van der Waals surface area contributed by atoms with Gasteiger partial charge >= 0.3 is 0 Å². The third kappa shape index (κ3) is 4.28. The molecule has 0 heterocycles. The van der Waals surface area contributed by atoms with Gasteiger partial charge in [0.15, 0.2) is 0 Å². The molecule has 2 aromatic carbocycles. The fourth-order valence-corrected chi connectivity index (χ4v) is 2.01. The molecule has 0 radical (unpaired) electrons. The van der Waals surface area contributed by atoms with Crippen LogP contribution in [0.15, 0.2) is 54.6 Å². The summed E-state index contributed by atoms with van der Waals surface area (Å²) in [6.45, 7) is 0.527. The number of thiocarbonyl (C=S) groups is 1. The summed E-state index contributed by atoms with van der Waals surface area (Å²) in [5.74, 6) is 0.769. The van der Waals surface area contributed by atoms with Gasteiger partial charge in [-0.1, -0.05) is 54.7 Å². The number of benzene rings is 2. The molecular formula is C17H19NO2S. The first kappa shape index (κ1) is 15.5. The van der Waals surface area contributed by atoms with Crippen LogP contribution in [0.25, 0.3) is 0 Å². The van der Waals surface area contributed by atoms with Gasteiger partial charge in [-0.25, -0.2) is 0 Å². The van der Waals surface area contributed by atoms with Crippen LogP contribution in [-0.4, -0.2) is 29.1 Å². The highest BCUT2D eigenvalue weighted by Crippen LogP contribution is 2.20. The van der Waals surface area contributed by atoms with Gasteiger partial charge in [-0.15, -0.1) is 0 Å². The predicted molar refractivity (Wildman–Crippen MR) is 88.5 cm³/mol. The lowest BCUT2D eigenvalue weighted by atomic mass is 10.1. The fraction of sp³-hybridized carbons (Fsp3) is 0.235. The Morgan fingerprint density at radius 2 is 1.71 bits per heavy atom. The Hall–Kier alpha value is -1.91. The Kier molecular flexibility index (Phi) is 5.31. The lowest BCUT2D eigenvalue weighted by Crippen LogP contribution is -2.26. The molecule has 2 rings (SSSR count). The molecule has 3 nitrogen and oxygen atoms in total. The third-order valence-corrected chi connectivity index (χ3v) is 3.71. The minimum absolute atomic E-state index is 0.493. The summed E-state index contributed by atoms with van der Waals surface area (Å²) < 4.78 is 5.71. The number of aliphatic hydroxyl groups excluding tert-OH is 1. The highest BCUT2D eigenvalue weighted by atomic mass is 32.1. The van der Waals surface area contributed by atoms with Crippen molar-refractivity contribution in [2.45, 2.75) is 12.7 Å². The summed E-state index contributed by atoms with van der Waals surface area (Å²) in [6, 6.07) is 17.4. The van der Waals surface area contributed by atoms with Gasteiger partial charge in [0.25, 0.3) is 0 Å². The molecule has 4 heteroatoms. The number of likely N-dealkylation sites (N-methyl/N-ethyl adjacent to an activating group) is 1. The van der Waals surface area contributed by atoms with Crippen molar-refractivity contribution in [3.8, 4) is 5.75 Å². The normalized spacial score (nSPS) is 11.8. The van der Waals surface area contributed by atoms with Crippen molar-refractivity contribution in [2.24, 2.45) is 0 Å². The first-order chi connectivity index (χ1) is 10.1. The van der Waals surface area contributed by atoms with Gasteiger partial charge in [-0.05, 0) is 23.3 Å². The van der Waals surface area contributed by atoms with Gasteiger partial charge in [-0.3, -0.25) is 0 Å². The zero-order chi connectivity index (χ0) is 15.2. The lowest BCUT2D eigenvalue weighted by Gasteiger charge is -2.19. The molecule has 110 valence electrons. The minimum Gasteiger partial charge on any atom is -0.489 e. The molecule has 0 aromatic heterocycles. The van der Waals surface area contributed by atoms with Gasteiger partial charge in [0, 0.05) is 14.1 Å². The van der Waals surface area contributed by atoms with Gasteiger partial charge in [0.1, 0.15) is 23.4 Å². The van der Waals surface area contributed by atoms with Crippen LogP contribution < -0.4 is 4.74 Å². The minimum atomic E-state index is -0.766. The van der Waals surface area contributed by atoms with Gasteiger partial charge in [0.2, 0.25) is 0 Å². The summed E-state index contributed by atoms with van der Waals surface area (Å²) in [5, 5.41) is 10.1. The predicted octanol–water partition coefficient (Wildman–Crippen LogP) is 3.19. The van der Waals surface area contributed by atoms with Gasteiger partial charge in [-0.2, -0.15) is 0 Å². The van der Waals surface area contributed by atoms with Crippen LogP contribution in [-0.2, 0) is 6.61 Å². The van der Waals surface area contributed by atoms with Crippen molar-refractivity contribution >= 4 is 17.2 Å². The summed E-state index contributed by atoms with van der Waals surface area (Å²) in [7, 11) is 3.64. The SMILES string of the molecule is CN(C)C(=S)C(O)c1ccc(OCc2ccccc2)cc1. The van der Waals surface area contributed by atoms with Crippen LogP contribution in [0.5, 0.6) is 5.75 Å². The van der Waals surface area contributed by atoms with E-state index in [0.29, 0.717) is 11.6 Å². The average Bonchev–Trinajstić information content (AvgIpc) is 2.53. The maximum Gasteiger partial charge on any atom is 0.129 e. The van der Waals surface area contributed by atoms with Crippen molar-refractivity contribution in [3.05, 3.63) is 65.7 Å². The van der Waals surface area contributed by atoms with Gasteiger partial charge < -0.3 is 14.7 Å². The zero-order valence-electron chi connectivity index (χ0n) is 12.2. The topological polar surface area (TPSA) is 32.7 Å². The zero-order valence-corrected chi connectivity index (χ0v) is 13.0. The van der Waals surface area contributed by atoms with E-state index in [9.17, 15) is 5.11 Å². The molecule has 0 bridgehead atoms. The van der Waals surface area contributed by atoms with Crippen LogP contribution >= 0.6 is 12.2 Å². The van der Waals surface area contributed by atoms with E-state index in [-0.39, 0.29) is 0 Å². The number of ether oxygens (including phenoxy) is 1. The first-order valence-corrected chi connectivity index (χ1v) is 7.14. The van der Waals surface area contributed by atoms with Gasteiger partial charge in [0.05, 0.1) is 0 Å². The average molecular weight is 301 g/mol. The van der Waals surface area contributed by atoms with Crippen LogP contribution in [0, 0.1) is 0 Å². The van der Waals surface area contributed by atoms with E-state index in [1.807, 2.05) is 68.7 Å². The molecule has 0 aliphatic rings. The van der Waals surface area contributed by atoms with Crippen LogP contribution in [0.3, 0.4) is 0 Å². The Labute approximate surface area is 130 Å². The Balaban J connectivity index is 1.97. The maximum atomic E-state index is 10.1. The second kappa shape index (κ2) is 7.20. The molecule has 1 N–H and O–H groups in total. The molecular weight excluding hydrogens is 282 g/mol. The number of rotatable bonds is 5. The Morgan fingerprint density at radius 3 is 2.29 bits per heavy atom. The summed E-state index contributed by atoms with van der Waals surface area (Å²) in [4.78, 5) is 2.23. The highest BCUT2D eigenvalue weighted by Gasteiger charge is 2.14. The quantitative estimate of drug-likeness (QED) is 0.860. The number of hydrogen-bond acceptors (Lipinski definition) is 3. The van der Waals surface area contributed by atoms with Crippen molar-refractivity contribution < 1.29 is 9.84 Å². The standard InChI is InChI=1S/C17H19NO2S/c1-18(2)17(21)16(19)14-8-10-15(11-9-14)20-12-13-6-4-3-5-7-13/h3-11,16,19H,12H2,1-2H3. The number of nitrogens with zero attached hydrogens (tertiary/aromatic N) is 1. The second-order valence-corrected chi connectivity index (χ2v) is 5.40. The van der Waals surface area contributed by atoms with E-state index in [4.69, 9.17) is 17.0 Å². The van der Waals surface area contributed by atoms with Crippen LogP contribution in [0.1, 0.15) is 17.2 Å². The molecule has 0 aliphatic carbocycles. The molecule has 1 unspecified atom stereocenters. The van der Waals surface area contributed by atoms with E-state index < -0.39 is 6.10 Å². The lowest BCUT2D eigenvalue weighted by molar-refractivity contribution is 0.236. The summed E-state index contributed by atoms with van der Waals surface area (Å²) in [6.07, 6.45) is -0.766. The largest absolute Gasteiger partial charge is 0.489 e. The molecule has 0 saturated carbocycles. The maximum absolute atomic E-state index is 10.1. The molecule has 21 heavy (non-hydrogen) atoms. The molecule has 0 amide bonds. The Morgan fingerprint density at radius 1 is 1.10 bits per heavy atom. The molecule has 0 saturated heterocycles. The van der Waals surface area contributed by atoms with Crippen molar-refractivity contribution in [2.75, 3.05) is 14.1 Å². The van der Waals surface area contributed by atoms with Crippen molar-refractivity contribution in [1.29, 1.82) is 0 Å². The van der Waals surface area contributed by atoms with E-state index >= 15 is 0 Å². The van der Waals surface area contributed by atoms with E-state index in [0.717, 1.165) is 16.9 Å². The third-order valence-electron chi connectivity index (χ3n) is 3.12. The van der Waals surface area contributed by atoms with E-state index in [2.05, 4.69) is 0 Å².